The van der Waals surface area contributed by atoms with Crippen LogP contribution in [-0.4, -0.2) is 55.7 Å². The monoisotopic (exact) mass is 544 g/mol. The summed E-state index contributed by atoms with van der Waals surface area (Å²) in [5, 5.41) is 21.1. The van der Waals surface area contributed by atoms with Crippen LogP contribution in [0.3, 0.4) is 0 Å². The van der Waals surface area contributed by atoms with Crippen LogP contribution in [0, 0.1) is 11.8 Å². The van der Waals surface area contributed by atoms with Crippen LogP contribution in [0.2, 0.25) is 0 Å². The molecule has 0 aliphatic heterocycles. The average Bonchev–Trinajstić information content (AvgIpc) is 2.88. The standard InChI is InChI=1S/C30H40O9/c1-19(2)14-28(32)37-13-7-8-21-9-12-24(26(16-21)36-6)39-27(18-38-29(33)15-20(3)4)30(34)22-10-11-23(31)25(17-22)35-5/h7-12,16-17,19-20,27,30-31,34H,13-15,18H2,1-6H3/b8-7+/t27-,30-/m1/s1. The van der Waals surface area contributed by atoms with E-state index in [1.807, 2.05) is 27.7 Å². The number of benzene rings is 2. The van der Waals surface area contributed by atoms with Gasteiger partial charge >= 0.3 is 11.9 Å². The molecule has 2 aromatic carbocycles. The van der Waals surface area contributed by atoms with Crippen molar-refractivity contribution in [2.24, 2.45) is 11.8 Å². The molecule has 9 nitrogen and oxygen atoms in total. The van der Waals surface area contributed by atoms with Crippen LogP contribution >= 0.6 is 0 Å². The van der Waals surface area contributed by atoms with Crippen LogP contribution in [0.4, 0.5) is 0 Å². The normalized spacial score (nSPS) is 12.8. The number of aromatic hydroxyl groups is 1. The third-order valence-electron chi connectivity index (χ3n) is 5.57. The molecular formula is C30H40O9. The van der Waals surface area contributed by atoms with Gasteiger partial charge in [0.25, 0.3) is 0 Å². The smallest absolute Gasteiger partial charge is 0.306 e. The number of hydrogen-bond acceptors (Lipinski definition) is 9. The van der Waals surface area contributed by atoms with Gasteiger partial charge in [-0.05, 0) is 53.3 Å². The molecule has 2 aromatic rings. The first kappa shape index (κ1) is 31.5. The number of esters is 2. The van der Waals surface area contributed by atoms with Gasteiger partial charge in [0.05, 0.1) is 14.2 Å². The maximum absolute atomic E-state index is 12.2. The molecule has 0 unspecified atom stereocenters. The van der Waals surface area contributed by atoms with Crippen molar-refractivity contribution >= 4 is 18.0 Å². The van der Waals surface area contributed by atoms with Gasteiger partial charge in [0.2, 0.25) is 0 Å². The summed E-state index contributed by atoms with van der Waals surface area (Å²) >= 11 is 0. The summed E-state index contributed by atoms with van der Waals surface area (Å²) < 4.78 is 27.4. The van der Waals surface area contributed by atoms with Gasteiger partial charge in [-0.3, -0.25) is 9.59 Å². The molecule has 0 saturated carbocycles. The minimum Gasteiger partial charge on any atom is -0.504 e. The fourth-order valence-corrected chi connectivity index (χ4v) is 3.62. The number of hydrogen-bond donors (Lipinski definition) is 2. The average molecular weight is 545 g/mol. The van der Waals surface area contributed by atoms with Crippen molar-refractivity contribution < 1.29 is 43.5 Å². The van der Waals surface area contributed by atoms with Crippen LogP contribution in [0.25, 0.3) is 6.08 Å². The van der Waals surface area contributed by atoms with Crippen LogP contribution < -0.4 is 14.2 Å². The van der Waals surface area contributed by atoms with E-state index in [-0.39, 0.29) is 48.9 Å². The Balaban J connectivity index is 2.22. The van der Waals surface area contributed by atoms with E-state index in [2.05, 4.69) is 0 Å². The largest absolute Gasteiger partial charge is 0.504 e. The van der Waals surface area contributed by atoms with Crippen LogP contribution in [-0.2, 0) is 19.1 Å². The number of methoxy groups -OCH3 is 2. The molecule has 0 fully saturated rings. The van der Waals surface area contributed by atoms with Crippen molar-refractivity contribution in [3.05, 3.63) is 53.6 Å². The lowest BCUT2D eigenvalue weighted by Gasteiger charge is -2.26. The number of phenolic OH excluding ortho intramolecular Hbond substituents is 1. The summed E-state index contributed by atoms with van der Waals surface area (Å²) in [4.78, 5) is 23.9. The number of aliphatic hydroxyl groups excluding tert-OH is 1. The zero-order valence-corrected chi connectivity index (χ0v) is 23.5. The lowest BCUT2D eigenvalue weighted by atomic mass is 10.0. The highest BCUT2D eigenvalue weighted by atomic mass is 16.6. The molecule has 2 N–H and O–H groups in total. The van der Waals surface area contributed by atoms with E-state index in [1.54, 1.807) is 30.4 Å². The van der Waals surface area contributed by atoms with Gasteiger partial charge in [-0.1, -0.05) is 45.9 Å². The van der Waals surface area contributed by atoms with Crippen molar-refractivity contribution in [2.45, 2.75) is 52.7 Å². The first-order valence-corrected chi connectivity index (χ1v) is 12.9. The Kier molecular flexibility index (Phi) is 12.6. The summed E-state index contributed by atoms with van der Waals surface area (Å²) in [6.07, 6.45) is 1.89. The van der Waals surface area contributed by atoms with Gasteiger partial charge < -0.3 is 33.9 Å². The van der Waals surface area contributed by atoms with Gasteiger partial charge in [-0.15, -0.1) is 0 Å². The van der Waals surface area contributed by atoms with Gasteiger partial charge in [0, 0.05) is 12.8 Å². The Hall–Kier alpha value is -3.72. The molecule has 0 spiro atoms. The molecule has 2 atom stereocenters. The lowest BCUT2D eigenvalue weighted by molar-refractivity contribution is -0.149. The fraction of sp³-hybridized carbons (Fsp3) is 0.467. The van der Waals surface area contributed by atoms with Crippen molar-refractivity contribution in [1.29, 1.82) is 0 Å². The number of carbonyl (C=O) groups is 2. The zero-order chi connectivity index (χ0) is 28.9. The molecule has 0 heterocycles. The van der Waals surface area contributed by atoms with Crippen molar-refractivity contribution in [3.63, 3.8) is 0 Å². The maximum atomic E-state index is 12.2. The van der Waals surface area contributed by atoms with E-state index < -0.39 is 18.2 Å². The van der Waals surface area contributed by atoms with E-state index in [1.165, 1.54) is 32.4 Å². The second-order valence-corrected chi connectivity index (χ2v) is 9.91. The second kappa shape index (κ2) is 15.6. The number of phenols is 1. The highest BCUT2D eigenvalue weighted by Crippen LogP contribution is 2.34. The van der Waals surface area contributed by atoms with Crippen molar-refractivity contribution in [3.8, 4) is 23.0 Å². The zero-order valence-electron chi connectivity index (χ0n) is 23.5. The Labute approximate surface area is 230 Å². The summed E-state index contributed by atoms with van der Waals surface area (Å²) in [6, 6.07) is 9.62. The van der Waals surface area contributed by atoms with Gasteiger partial charge in [-0.25, -0.2) is 0 Å². The van der Waals surface area contributed by atoms with Crippen LogP contribution in [0.5, 0.6) is 23.0 Å². The molecule has 2 rings (SSSR count). The number of aliphatic hydroxyl groups is 1. The molecule has 0 aliphatic carbocycles. The molecular weight excluding hydrogens is 504 g/mol. The predicted octanol–water partition coefficient (Wildman–Crippen LogP) is 5.08. The van der Waals surface area contributed by atoms with Gasteiger partial charge in [-0.2, -0.15) is 0 Å². The Morgan fingerprint density at radius 2 is 1.49 bits per heavy atom. The summed E-state index contributed by atoms with van der Waals surface area (Å²) in [7, 11) is 2.89. The molecule has 0 radical (unpaired) electrons. The SMILES string of the molecule is COc1cc([C@@H](O)[C@@H](COC(=O)CC(C)C)Oc2ccc(/C=C/COC(=O)CC(C)C)cc2OC)ccc1O. The van der Waals surface area contributed by atoms with Crippen molar-refractivity contribution in [1.82, 2.24) is 0 Å². The molecule has 0 aromatic heterocycles. The minimum atomic E-state index is -1.23. The number of carbonyl (C=O) groups excluding carboxylic acids is 2. The Morgan fingerprint density at radius 3 is 2.10 bits per heavy atom. The van der Waals surface area contributed by atoms with E-state index in [9.17, 15) is 19.8 Å². The highest BCUT2D eigenvalue weighted by molar-refractivity contribution is 5.70. The molecule has 0 saturated heterocycles. The Bertz CT molecular complexity index is 1110. The van der Waals surface area contributed by atoms with E-state index >= 15 is 0 Å². The maximum Gasteiger partial charge on any atom is 0.306 e. The predicted molar refractivity (Wildman–Crippen MR) is 147 cm³/mol. The second-order valence-electron chi connectivity index (χ2n) is 9.91. The van der Waals surface area contributed by atoms with Crippen molar-refractivity contribution in [2.75, 3.05) is 27.4 Å². The topological polar surface area (TPSA) is 121 Å². The fourth-order valence-electron chi connectivity index (χ4n) is 3.62. The minimum absolute atomic E-state index is 0.0747. The third kappa shape index (κ3) is 10.5. The van der Waals surface area contributed by atoms with Gasteiger partial charge in [0.15, 0.2) is 29.1 Å². The first-order chi connectivity index (χ1) is 18.5. The summed E-state index contributed by atoms with van der Waals surface area (Å²) in [6.45, 7) is 7.65. The third-order valence-corrected chi connectivity index (χ3v) is 5.57. The number of rotatable bonds is 15. The highest BCUT2D eigenvalue weighted by Gasteiger charge is 2.27. The molecule has 39 heavy (non-hydrogen) atoms. The quantitative estimate of drug-likeness (QED) is 0.296. The summed E-state index contributed by atoms with van der Waals surface area (Å²) in [5.41, 5.74) is 1.18. The first-order valence-electron chi connectivity index (χ1n) is 12.9. The molecule has 0 aliphatic rings. The molecule has 0 amide bonds. The molecule has 0 bridgehead atoms. The lowest BCUT2D eigenvalue weighted by Crippen LogP contribution is -2.32. The van der Waals surface area contributed by atoms with E-state index in [0.29, 0.717) is 23.5 Å². The molecule has 214 valence electrons. The van der Waals surface area contributed by atoms with Crippen LogP contribution in [0.15, 0.2) is 42.5 Å². The van der Waals surface area contributed by atoms with E-state index in [4.69, 9.17) is 23.7 Å². The van der Waals surface area contributed by atoms with E-state index in [0.717, 1.165) is 5.56 Å². The Morgan fingerprint density at radius 1 is 0.846 bits per heavy atom. The van der Waals surface area contributed by atoms with Gasteiger partial charge in [0.1, 0.15) is 19.3 Å². The molecule has 9 heteroatoms. The summed E-state index contributed by atoms with van der Waals surface area (Å²) in [5.74, 6) is 0.519. The van der Waals surface area contributed by atoms with Crippen LogP contribution in [0.1, 0.15) is 57.8 Å². The number of ether oxygens (including phenoxy) is 5.